The van der Waals surface area contributed by atoms with Gasteiger partial charge in [0.25, 0.3) is 5.91 Å². The van der Waals surface area contributed by atoms with Gasteiger partial charge in [0.1, 0.15) is 5.75 Å². The zero-order valence-electron chi connectivity index (χ0n) is 14.3. The molecule has 2 aromatic rings. The van der Waals surface area contributed by atoms with E-state index in [0.717, 1.165) is 30.6 Å². The first-order valence-corrected chi connectivity index (χ1v) is 8.84. The largest absolute Gasteiger partial charge is 0.482 e. The average molecular weight is 360 g/mol. The van der Waals surface area contributed by atoms with E-state index in [-0.39, 0.29) is 18.6 Å². The van der Waals surface area contributed by atoms with Crippen LogP contribution in [-0.2, 0) is 9.53 Å². The number of hydrogen-bond donors (Lipinski definition) is 0. The second kappa shape index (κ2) is 8.37. The SMILES string of the molecule is CN(CC1CCCO1)C(=O)COc1ccc(-c2ccccc2)cc1Cl. The minimum Gasteiger partial charge on any atom is -0.482 e. The first-order chi connectivity index (χ1) is 12.1. The third-order valence-electron chi connectivity index (χ3n) is 4.32. The lowest BCUT2D eigenvalue weighted by molar-refractivity contribution is -0.133. The quantitative estimate of drug-likeness (QED) is 0.781. The summed E-state index contributed by atoms with van der Waals surface area (Å²) >= 11 is 6.31. The number of carbonyl (C=O) groups excluding carboxylic acids is 1. The van der Waals surface area contributed by atoms with Crippen LogP contribution in [0, 0.1) is 0 Å². The number of likely N-dealkylation sites (N-methyl/N-ethyl adjacent to an activating group) is 1. The van der Waals surface area contributed by atoms with Crippen molar-refractivity contribution in [3.63, 3.8) is 0 Å². The summed E-state index contributed by atoms with van der Waals surface area (Å²) in [7, 11) is 1.77. The molecular weight excluding hydrogens is 338 g/mol. The molecule has 0 radical (unpaired) electrons. The van der Waals surface area contributed by atoms with Crippen LogP contribution >= 0.6 is 11.6 Å². The molecule has 1 saturated heterocycles. The molecule has 0 bridgehead atoms. The lowest BCUT2D eigenvalue weighted by Crippen LogP contribution is -2.37. The van der Waals surface area contributed by atoms with Crippen molar-refractivity contribution < 1.29 is 14.3 Å². The Balaban J connectivity index is 1.56. The van der Waals surface area contributed by atoms with Crippen LogP contribution in [0.1, 0.15) is 12.8 Å². The Morgan fingerprint density at radius 3 is 2.72 bits per heavy atom. The molecule has 1 aliphatic heterocycles. The molecule has 4 nitrogen and oxygen atoms in total. The molecule has 0 N–H and O–H groups in total. The topological polar surface area (TPSA) is 38.8 Å². The van der Waals surface area contributed by atoms with Gasteiger partial charge in [-0.3, -0.25) is 4.79 Å². The summed E-state index contributed by atoms with van der Waals surface area (Å²) in [5.41, 5.74) is 2.10. The van der Waals surface area contributed by atoms with Crippen molar-refractivity contribution in [3.8, 4) is 16.9 Å². The summed E-state index contributed by atoms with van der Waals surface area (Å²) in [6.45, 7) is 1.35. The fraction of sp³-hybridized carbons (Fsp3) is 0.350. The molecule has 1 unspecified atom stereocenters. The summed E-state index contributed by atoms with van der Waals surface area (Å²) in [5.74, 6) is 0.430. The smallest absolute Gasteiger partial charge is 0.260 e. The van der Waals surface area contributed by atoms with Gasteiger partial charge in [-0.25, -0.2) is 0 Å². The molecule has 1 atom stereocenters. The Labute approximate surface area is 153 Å². The van der Waals surface area contributed by atoms with Gasteiger partial charge in [-0.1, -0.05) is 48.0 Å². The van der Waals surface area contributed by atoms with E-state index < -0.39 is 0 Å². The van der Waals surface area contributed by atoms with Crippen LogP contribution in [0.25, 0.3) is 11.1 Å². The van der Waals surface area contributed by atoms with E-state index in [9.17, 15) is 4.79 Å². The van der Waals surface area contributed by atoms with Gasteiger partial charge < -0.3 is 14.4 Å². The monoisotopic (exact) mass is 359 g/mol. The summed E-state index contributed by atoms with van der Waals surface area (Å²) in [4.78, 5) is 13.9. The number of carbonyl (C=O) groups is 1. The van der Waals surface area contributed by atoms with Gasteiger partial charge in [0.05, 0.1) is 11.1 Å². The highest BCUT2D eigenvalue weighted by molar-refractivity contribution is 6.32. The Hall–Kier alpha value is -2.04. The first-order valence-electron chi connectivity index (χ1n) is 8.47. The Morgan fingerprint density at radius 1 is 1.24 bits per heavy atom. The van der Waals surface area contributed by atoms with Crippen molar-refractivity contribution >= 4 is 17.5 Å². The molecule has 5 heteroatoms. The summed E-state index contributed by atoms with van der Waals surface area (Å²) in [6.07, 6.45) is 2.21. The van der Waals surface area contributed by atoms with Crippen molar-refractivity contribution in [1.29, 1.82) is 0 Å². The molecule has 132 valence electrons. The molecule has 1 amide bonds. The van der Waals surface area contributed by atoms with Crippen molar-refractivity contribution in [1.82, 2.24) is 4.90 Å². The van der Waals surface area contributed by atoms with Crippen LogP contribution in [0.4, 0.5) is 0 Å². The normalized spacial score (nSPS) is 16.6. The molecule has 0 saturated carbocycles. The number of benzene rings is 2. The Kier molecular flexibility index (Phi) is 5.95. The lowest BCUT2D eigenvalue weighted by Gasteiger charge is -2.21. The first kappa shape index (κ1) is 17.8. The van der Waals surface area contributed by atoms with Crippen LogP contribution in [0.5, 0.6) is 5.75 Å². The highest BCUT2D eigenvalue weighted by atomic mass is 35.5. The van der Waals surface area contributed by atoms with Crippen LogP contribution in [0.15, 0.2) is 48.5 Å². The fourth-order valence-electron chi connectivity index (χ4n) is 2.87. The van der Waals surface area contributed by atoms with E-state index >= 15 is 0 Å². The molecule has 0 aliphatic carbocycles. The van der Waals surface area contributed by atoms with Crippen molar-refractivity contribution in [2.75, 3.05) is 26.8 Å². The number of halogens is 1. The minimum absolute atomic E-state index is 0.0341. The van der Waals surface area contributed by atoms with Gasteiger partial charge in [-0.05, 0) is 36.1 Å². The maximum atomic E-state index is 12.2. The third-order valence-corrected chi connectivity index (χ3v) is 4.61. The number of ether oxygens (including phenoxy) is 2. The second-order valence-corrected chi connectivity index (χ2v) is 6.62. The molecular formula is C20H22ClNO3. The van der Waals surface area contributed by atoms with Crippen molar-refractivity contribution in [2.45, 2.75) is 18.9 Å². The maximum Gasteiger partial charge on any atom is 0.260 e. The fourth-order valence-corrected chi connectivity index (χ4v) is 3.11. The lowest BCUT2D eigenvalue weighted by atomic mass is 10.1. The average Bonchev–Trinajstić information content (AvgIpc) is 3.14. The van der Waals surface area contributed by atoms with Gasteiger partial charge >= 0.3 is 0 Å². The van der Waals surface area contributed by atoms with Crippen molar-refractivity contribution in [3.05, 3.63) is 53.6 Å². The van der Waals surface area contributed by atoms with Crippen LogP contribution < -0.4 is 4.74 Å². The minimum atomic E-state index is -0.0845. The standard InChI is InChI=1S/C20H22ClNO3/c1-22(13-17-8-5-11-24-17)20(23)14-25-19-10-9-16(12-18(19)21)15-6-3-2-4-7-15/h2-4,6-7,9-10,12,17H,5,8,11,13-14H2,1H3. The van der Waals surface area contributed by atoms with E-state index in [2.05, 4.69) is 0 Å². The van der Waals surface area contributed by atoms with E-state index in [1.807, 2.05) is 42.5 Å². The van der Waals surface area contributed by atoms with E-state index in [1.165, 1.54) is 0 Å². The molecule has 3 rings (SSSR count). The van der Waals surface area contributed by atoms with Crippen molar-refractivity contribution in [2.24, 2.45) is 0 Å². The predicted octanol–water partition coefficient (Wildman–Crippen LogP) is 4.02. The van der Waals surface area contributed by atoms with Crippen LogP contribution in [-0.4, -0.2) is 43.7 Å². The summed E-state index contributed by atoms with van der Waals surface area (Å²) < 4.78 is 11.2. The van der Waals surface area contributed by atoms with E-state index in [1.54, 1.807) is 18.0 Å². The van der Waals surface area contributed by atoms with E-state index in [4.69, 9.17) is 21.1 Å². The number of hydrogen-bond acceptors (Lipinski definition) is 3. The van der Waals surface area contributed by atoms with Gasteiger partial charge in [-0.2, -0.15) is 0 Å². The van der Waals surface area contributed by atoms with Gasteiger partial charge in [0.15, 0.2) is 6.61 Å². The second-order valence-electron chi connectivity index (χ2n) is 6.21. The summed E-state index contributed by atoms with van der Waals surface area (Å²) in [5, 5.41) is 0.496. The number of rotatable bonds is 6. The highest BCUT2D eigenvalue weighted by Gasteiger charge is 2.20. The zero-order valence-corrected chi connectivity index (χ0v) is 15.0. The summed E-state index contributed by atoms with van der Waals surface area (Å²) in [6, 6.07) is 15.6. The van der Waals surface area contributed by atoms with Gasteiger partial charge in [0, 0.05) is 20.2 Å². The van der Waals surface area contributed by atoms with E-state index in [0.29, 0.717) is 17.3 Å². The van der Waals surface area contributed by atoms with Gasteiger partial charge in [0.2, 0.25) is 0 Å². The highest BCUT2D eigenvalue weighted by Crippen LogP contribution is 2.30. The van der Waals surface area contributed by atoms with Crippen LogP contribution in [0.2, 0.25) is 5.02 Å². The molecule has 25 heavy (non-hydrogen) atoms. The maximum absolute atomic E-state index is 12.2. The van der Waals surface area contributed by atoms with Crippen LogP contribution in [0.3, 0.4) is 0 Å². The zero-order chi connectivity index (χ0) is 17.6. The Morgan fingerprint density at radius 2 is 2.04 bits per heavy atom. The molecule has 1 aliphatic rings. The molecule has 1 heterocycles. The molecule has 1 fully saturated rings. The van der Waals surface area contributed by atoms with Gasteiger partial charge in [-0.15, -0.1) is 0 Å². The number of amides is 1. The number of nitrogens with zero attached hydrogens (tertiary/aromatic N) is 1. The Bertz CT molecular complexity index is 714. The predicted molar refractivity (Wildman–Crippen MR) is 99.0 cm³/mol. The third kappa shape index (κ3) is 4.74. The molecule has 2 aromatic carbocycles. The molecule has 0 aromatic heterocycles. The molecule has 0 spiro atoms.